The number of amides is 1. The standard InChI is InChI=1S/C12H17N5O3/c1-8(18)12(2,3)13-10(19)7-17-15-11(14-16-17)9-5-4-6-20-9/h4-6,8,18H,7H2,1-3H3,(H,13,19). The third kappa shape index (κ3) is 3.21. The van der Waals surface area contributed by atoms with Crippen molar-refractivity contribution in [3.05, 3.63) is 18.4 Å². The molecule has 0 aliphatic carbocycles. The molecule has 0 radical (unpaired) electrons. The maximum atomic E-state index is 11.9. The second kappa shape index (κ2) is 5.41. The zero-order valence-corrected chi connectivity index (χ0v) is 11.6. The lowest BCUT2D eigenvalue weighted by Gasteiger charge is -2.29. The Labute approximate surface area is 115 Å². The van der Waals surface area contributed by atoms with E-state index in [0.29, 0.717) is 11.6 Å². The van der Waals surface area contributed by atoms with Gasteiger partial charge < -0.3 is 14.8 Å². The van der Waals surface area contributed by atoms with Crippen molar-refractivity contribution in [1.29, 1.82) is 0 Å². The molecule has 8 nitrogen and oxygen atoms in total. The summed E-state index contributed by atoms with van der Waals surface area (Å²) in [7, 11) is 0. The first-order valence-electron chi connectivity index (χ1n) is 6.19. The topological polar surface area (TPSA) is 106 Å². The van der Waals surface area contributed by atoms with Crippen LogP contribution in [0.1, 0.15) is 20.8 Å². The lowest BCUT2D eigenvalue weighted by atomic mass is 9.99. The summed E-state index contributed by atoms with van der Waals surface area (Å²) in [5, 5.41) is 23.9. The Balaban J connectivity index is 1.99. The van der Waals surface area contributed by atoms with Gasteiger partial charge in [-0.1, -0.05) is 0 Å². The van der Waals surface area contributed by atoms with Gasteiger partial charge in [-0.15, -0.1) is 10.2 Å². The number of tetrazole rings is 1. The minimum atomic E-state index is -0.721. The van der Waals surface area contributed by atoms with Gasteiger partial charge in [0.2, 0.25) is 11.7 Å². The van der Waals surface area contributed by atoms with E-state index in [0.717, 1.165) is 0 Å². The highest BCUT2D eigenvalue weighted by atomic mass is 16.3. The SMILES string of the molecule is CC(O)C(C)(C)NC(=O)Cn1nnc(-c2ccco2)n1. The van der Waals surface area contributed by atoms with Crippen LogP contribution in [0.25, 0.3) is 11.6 Å². The fourth-order valence-electron chi connectivity index (χ4n) is 1.45. The third-order valence-corrected chi connectivity index (χ3v) is 2.99. The highest BCUT2D eigenvalue weighted by Crippen LogP contribution is 2.13. The summed E-state index contributed by atoms with van der Waals surface area (Å²) in [4.78, 5) is 13.0. The van der Waals surface area contributed by atoms with Gasteiger partial charge in [-0.2, -0.15) is 4.80 Å². The van der Waals surface area contributed by atoms with Crippen molar-refractivity contribution >= 4 is 5.91 Å². The monoisotopic (exact) mass is 279 g/mol. The zero-order chi connectivity index (χ0) is 14.8. The molecule has 2 N–H and O–H groups in total. The van der Waals surface area contributed by atoms with Gasteiger partial charge in [0.05, 0.1) is 17.9 Å². The number of furan rings is 1. The van der Waals surface area contributed by atoms with Gasteiger partial charge in [-0.3, -0.25) is 4.79 Å². The molecule has 0 saturated heterocycles. The van der Waals surface area contributed by atoms with Gasteiger partial charge in [-0.05, 0) is 38.1 Å². The minimum absolute atomic E-state index is 0.0795. The second-order valence-corrected chi connectivity index (χ2v) is 5.07. The van der Waals surface area contributed by atoms with Crippen LogP contribution in [0.4, 0.5) is 0 Å². The van der Waals surface area contributed by atoms with Crippen LogP contribution in [0.3, 0.4) is 0 Å². The van der Waals surface area contributed by atoms with Gasteiger partial charge in [0, 0.05) is 0 Å². The van der Waals surface area contributed by atoms with Crippen molar-refractivity contribution in [3.63, 3.8) is 0 Å². The van der Waals surface area contributed by atoms with Gasteiger partial charge in [0.1, 0.15) is 6.54 Å². The predicted molar refractivity (Wildman–Crippen MR) is 69.4 cm³/mol. The Morgan fingerprint density at radius 1 is 1.60 bits per heavy atom. The van der Waals surface area contributed by atoms with Gasteiger partial charge >= 0.3 is 0 Å². The summed E-state index contributed by atoms with van der Waals surface area (Å²) >= 11 is 0. The van der Waals surface area contributed by atoms with Crippen molar-refractivity contribution in [2.75, 3.05) is 0 Å². The summed E-state index contributed by atoms with van der Waals surface area (Å²) in [6.45, 7) is 5.00. The van der Waals surface area contributed by atoms with E-state index in [-0.39, 0.29) is 12.5 Å². The molecule has 0 bridgehead atoms. The Hall–Kier alpha value is -2.22. The van der Waals surface area contributed by atoms with E-state index >= 15 is 0 Å². The van der Waals surface area contributed by atoms with Crippen LogP contribution in [0.2, 0.25) is 0 Å². The highest BCUT2D eigenvalue weighted by molar-refractivity contribution is 5.76. The maximum Gasteiger partial charge on any atom is 0.244 e. The average molecular weight is 279 g/mol. The van der Waals surface area contributed by atoms with Crippen LogP contribution < -0.4 is 5.32 Å². The van der Waals surface area contributed by atoms with Crippen molar-refractivity contribution in [2.45, 2.75) is 39.0 Å². The molecule has 2 aromatic heterocycles. The third-order valence-electron chi connectivity index (χ3n) is 2.99. The van der Waals surface area contributed by atoms with Gasteiger partial charge in [0.25, 0.3) is 0 Å². The summed E-state index contributed by atoms with van der Waals surface area (Å²) in [5.41, 5.74) is -0.721. The van der Waals surface area contributed by atoms with E-state index < -0.39 is 11.6 Å². The lowest BCUT2D eigenvalue weighted by Crippen LogP contribution is -2.52. The van der Waals surface area contributed by atoms with Gasteiger partial charge in [-0.25, -0.2) is 0 Å². The molecule has 0 fully saturated rings. The largest absolute Gasteiger partial charge is 0.461 e. The summed E-state index contributed by atoms with van der Waals surface area (Å²) in [6.07, 6.45) is 0.835. The molecule has 1 atom stereocenters. The Kier molecular flexibility index (Phi) is 3.84. The quantitative estimate of drug-likeness (QED) is 0.810. The van der Waals surface area contributed by atoms with Crippen molar-refractivity contribution in [2.24, 2.45) is 0 Å². The number of hydrogen-bond donors (Lipinski definition) is 2. The van der Waals surface area contributed by atoms with E-state index in [1.165, 1.54) is 11.1 Å². The molecule has 2 rings (SSSR count). The van der Waals surface area contributed by atoms with Crippen molar-refractivity contribution in [3.8, 4) is 11.6 Å². The molecule has 8 heteroatoms. The molecular formula is C12H17N5O3. The number of aliphatic hydroxyl groups is 1. The summed E-state index contributed by atoms with van der Waals surface area (Å²) in [6, 6.07) is 3.42. The van der Waals surface area contributed by atoms with E-state index in [1.54, 1.807) is 32.9 Å². The first-order valence-corrected chi connectivity index (χ1v) is 6.19. The van der Waals surface area contributed by atoms with Crippen molar-refractivity contribution < 1.29 is 14.3 Å². The molecular weight excluding hydrogens is 262 g/mol. The molecule has 1 amide bonds. The minimum Gasteiger partial charge on any atom is -0.461 e. The normalized spacial score (nSPS) is 13.2. The molecule has 2 aromatic rings. The van der Waals surface area contributed by atoms with E-state index in [2.05, 4.69) is 20.7 Å². The smallest absolute Gasteiger partial charge is 0.244 e. The van der Waals surface area contributed by atoms with E-state index in [1.807, 2.05) is 0 Å². The summed E-state index contributed by atoms with van der Waals surface area (Å²) < 4.78 is 5.14. The number of nitrogens with one attached hydrogen (secondary N) is 1. The lowest BCUT2D eigenvalue weighted by molar-refractivity contribution is -0.125. The number of carbonyl (C=O) groups excluding carboxylic acids is 1. The molecule has 0 aromatic carbocycles. The molecule has 0 saturated carbocycles. The fraction of sp³-hybridized carbons (Fsp3) is 0.500. The zero-order valence-electron chi connectivity index (χ0n) is 11.6. The van der Waals surface area contributed by atoms with E-state index in [4.69, 9.17) is 4.42 Å². The number of nitrogens with zero attached hydrogens (tertiary/aromatic N) is 4. The number of carbonyl (C=O) groups is 1. The van der Waals surface area contributed by atoms with Crippen LogP contribution in [0.5, 0.6) is 0 Å². The molecule has 0 aliphatic heterocycles. The van der Waals surface area contributed by atoms with Crippen LogP contribution in [-0.2, 0) is 11.3 Å². The second-order valence-electron chi connectivity index (χ2n) is 5.07. The molecule has 20 heavy (non-hydrogen) atoms. The fourth-order valence-corrected chi connectivity index (χ4v) is 1.45. The first-order chi connectivity index (χ1) is 9.38. The number of aromatic nitrogens is 4. The first kappa shape index (κ1) is 14.2. The van der Waals surface area contributed by atoms with Crippen LogP contribution >= 0.6 is 0 Å². The maximum absolute atomic E-state index is 11.9. The van der Waals surface area contributed by atoms with Crippen molar-refractivity contribution in [1.82, 2.24) is 25.5 Å². The Bertz CT molecular complexity index is 574. The number of hydrogen-bond acceptors (Lipinski definition) is 6. The Morgan fingerprint density at radius 2 is 2.35 bits per heavy atom. The molecule has 108 valence electrons. The molecule has 2 heterocycles. The van der Waals surface area contributed by atoms with Crippen LogP contribution in [-0.4, -0.2) is 42.9 Å². The summed E-state index contributed by atoms with van der Waals surface area (Å²) in [5.74, 6) is 0.498. The average Bonchev–Trinajstić information content (AvgIpc) is 2.97. The molecule has 1 unspecified atom stereocenters. The Morgan fingerprint density at radius 3 is 2.95 bits per heavy atom. The van der Waals surface area contributed by atoms with Crippen LogP contribution in [0.15, 0.2) is 22.8 Å². The predicted octanol–water partition coefficient (Wildman–Crippen LogP) is 0.209. The molecule has 0 spiro atoms. The van der Waals surface area contributed by atoms with E-state index in [9.17, 15) is 9.90 Å². The number of rotatable bonds is 5. The molecule has 0 aliphatic rings. The highest BCUT2D eigenvalue weighted by Gasteiger charge is 2.26. The number of aliphatic hydroxyl groups excluding tert-OH is 1. The van der Waals surface area contributed by atoms with Crippen LogP contribution in [0, 0.1) is 0 Å². The van der Waals surface area contributed by atoms with Gasteiger partial charge in [0.15, 0.2) is 5.76 Å².